The van der Waals surface area contributed by atoms with E-state index in [9.17, 15) is 0 Å². The van der Waals surface area contributed by atoms with Gasteiger partial charge >= 0.3 is 0 Å². The summed E-state index contributed by atoms with van der Waals surface area (Å²) in [4.78, 5) is 0. The van der Waals surface area contributed by atoms with Crippen molar-refractivity contribution >= 4 is 10.2 Å². The lowest BCUT2D eigenvalue weighted by atomic mass is 10.4. The highest BCUT2D eigenvalue weighted by Gasteiger charge is 2.30. The summed E-state index contributed by atoms with van der Waals surface area (Å²) in [6.07, 6.45) is 5.45. The summed E-state index contributed by atoms with van der Waals surface area (Å²) >= 11 is 0. The van der Waals surface area contributed by atoms with Crippen LogP contribution in [-0.2, 0) is 0 Å². The molecule has 0 bridgehead atoms. The first kappa shape index (κ1) is 10.4. The fourth-order valence-electron chi connectivity index (χ4n) is 2.35. The van der Waals surface area contributed by atoms with Crippen molar-refractivity contribution in [2.75, 3.05) is 24.3 Å². The van der Waals surface area contributed by atoms with E-state index in [1.165, 1.54) is 30.9 Å². The molecule has 0 unspecified atom stereocenters. The Morgan fingerprint density at radius 3 is 2.08 bits per heavy atom. The number of hydrogen-bond donors (Lipinski definition) is 0. The first-order chi connectivity index (χ1) is 5.60. The minimum absolute atomic E-state index is 0.361. The van der Waals surface area contributed by atoms with E-state index in [4.69, 9.17) is 0 Å². The van der Waals surface area contributed by atoms with Crippen molar-refractivity contribution < 1.29 is 0 Å². The first-order valence-corrected chi connectivity index (χ1v) is 7.44. The van der Waals surface area contributed by atoms with Crippen LogP contribution in [0.4, 0.5) is 0 Å². The van der Waals surface area contributed by atoms with E-state index in [-0.39, 0.29) is 10.2 Å². The van der Waals surface area contributed by atoms with Crippen LogP contribution < -0.4 is 0 Å². The van der Waals surface area contributed by atoms with E-state index in [1.807, 2.05) is 0 Å². The molecule has 12 heavy (non-hydrogen) atoms. The number of hydrogen-bond acceptors (Lipinski definition) is 1. The summed E-state index contributed by atoms with van der Waals surface area (Å²) in [5, 5.41) is 0. The summed E-state index contributed by atoms with van der Waals surface area (Å²) in [5.74, 6) is 2.97. The second-order valence-electron chi connectivity index (χ2n) is 4.16. The Labute approximate surface area is 79.0 Å². The molecule has 0 aromatic heterocycles. The third-order valence-corrected chi connectivity index (χ3v) is 7.02. The van der Waals surface area contributed by atoms with Gasteiger partial charge in [-0.25, -0.2) is 0 Å². The highest BCUT2D eigenvalue weighted by atomic mass is 32.3. The van der Waals surface area contributed by atoms with Crippen molar-refractivity contribution in [3.8, 4) is 0 Å². The maximum atomic E-state index is 2.74. The lowest BCUT2D eigenvalue weighted by molar-refractivity contribution is 0.405. The molecule has 1 rings (SSSR count). The largest absolute Gasteiger partial charge is 0.266 e. The highest BCUT2D eigenvalue weighted by molar-refractivity contribution is 8.31. The molecule has 1 heterocycles. The predicted molar refractivity (Wildman–Crippen MR) is 60.0 cm³/mol. The molecule has 1 aliphatic heterocycles. The Balaban J connectivity index is 2.62. The van der Waals surface area contributed by atoms with E-state index >= 15 is 0 Å². The van der Waals surface area contributed by atoms with Crippen molar-refractivity contribution in [1.29, 1.82) is 0 Å². The molecule has 0 spiro atoms. The zero-order chi connectivity index (χ0) is 9.19. The molecular weight excluding hydrogens is 166 g/mol. The van der Waals surface area contributed by atoms with Gasteiger partial charge in [-0.3, -0.25) is 4.31 Å². The Kier molecular flexibility index (Phi) is 3.47. The van der Waals surface area contributed by atoms with E-state index in [2.05, 4.69) is 31.3 Å². The van der Waals surface area contributed by atoms with Crippen LogP contribution in [0.1, 0.15) is 33.6 Å². The molecule has 1 aliphatic rings. The summed E-state index contributed by atoms with van der Waals surface area (Å²) in [7, 11) is -0.361. The monoisotopic (exact) mass is 189 g/mol. The minimum Gasteiger partial charge on any atom is -0.266 e. The van der Waals surface area contributed by atoms with Gasteiger partial charge in [0, 0.05) is 12.6 Å². The zero-order valence-electron chi connectivity index (χ0n) is 8.97. The molecule has 1 nitrogen and oxygen atoms in total. The van der Waals surface area contributed by atoms with Gasteiger partial charge in [-0.05, 0) is 44.5 Å². The molecule has 0 aromatic carbocycles. The van der Waals surface area contributed by atoms with Gasteiger partial charge in [0.25, 0.3) is 0 Å². The van der Waals surface area contributed by atoms with Crippen LogP contribution in [0.3, 0.4) is 0 Å². The Morgan fingerprint density at radius 2 is 1.75 bits per heavy atom. The van der Waals surface area contributed by atoms with Gasteiger partial charge in [-0.1, -0.05) is 6.92 Å². The molecule has 0 aliphatic carbocycles. The average Bonchev–Trinajstić information content (AvgIpc) is 2.37. The summed E-state index contributed by atoms with van der Waals surface area (Å²) in [6, 6.07) is 0.744. The summed E-state index contributed by atoms with van der Waals surface area (Å²) in [6.45, 7) is 8.21. The lowest BCUT2D eigenvalue weighted by Gasteiger charge is -2.45. The average molecular weight is 189 g/mol. The predicted octanol–water partition coefficient (Wildman–Crippen LogP) is 2.86. The maximum Gasteiger partial charge on any atom is 0.0130 e. The Hall–Kier alpha value is 0.310. The van der Waals surface area contributed by atoms with Gasteiger partial charge in [0.05, 0.1) is 0 Å². The first-order valence-electron chi connectivity index (χ1n) is 5.10. The molecule has 0 amide bonds. The molecule has 74 valence electrons. The van der Waals surface area contributed by atoms with Crippen molar-refractivity contribution in [1.82, 2.24) is 4.31 Å². The van der Waals surface area contributed by atoms with E-state index in [1.54, 1.807) is 0 Å². The third kappa shape index (κ3) is 1.97. The van der Waals surface area contributed by atoms with Crippen LogP contribution in [-0.4, -0.2) is 34.7 Å². The third-order valence-electron chi connectivity index (χ3n) is 2.87. The molecule has 1 fully saturated rings. The molecule has 2 heteroatoms. The molecule has 0 radical (unpaired) electrons. The summed E-state index contributed by atoms with van der Waals surface area (Å²) < 4.78 is 2.74. The second-order valence-corrected chi connectivity index (χ2v) is 7.89. The topological polar surface area (TPSA) is 3.24 Å². The second kappa shape index (κ2) is 4.01. The van der Waals surface area contributed by atoms with Crippen LogP contribution in [0.5, 0.6) is 0 Å². The highest BCUT2D eigenvalue weighted by Crippen LogP contribution is 2.54. The molecular formula is C10H23NS. The normalized spacial score (nSPS) is 25.2. The maximum absolute atomic E-state index is 2.74. The van der Waals surface area contributed by atoms with E-state index in [0.717, 1.165) is 6.04 Å². The lowest BCUT2D eigenvalue weighted by Crippen LogP contribution is -2.34. The molecule has 0 aromatic rings. The fraction of sp³-hybridized carbons (Fsp3) is 1.00. The number of nitrogens with zero attached hydrogens (tertiary/aromatic N) is 1. The van der Waals surface area contributed by atoms with Crippen LogP contribution in [0, 0.1) is 0 Å². The SMILES string of the molecule is CCN(C(C)C)S1(C)CCCC1. The van der Waals surface area contributed by atoms with Gasteiger partial charge in [-0.15, -0.1) is 0 Å². The summed E-state index contributed by atoms with van der Waals surface area (Å²) in [5.41, 5.74) is 0. The van der Waals surface area contributed by atoms with Crippen molar-refractivity contribution in [2.45, 2.75) is 39.7 Å². The Morgan fingerprint density at radius 1 is 1.25 bits per heavy atom. The zero-order valence-corrected chi connectivity index (χ0v) is 9.78. The Bertz CT molecular complexity index is 139. The quantitative estimate of drug-likeness (QED) is 0.660. The van der Waals surface area contributed by atoms with Gasteiger partial charge in [-0.2, -0.15) is 10.2 Å². The fourth-order valence-corrected chi connectivity index (χ4v) is 6.31. The van der Waals surface area contributed by atoms with Gasteiger partial charge in [0.1, 0.15) is 0 Å². The number of rotatable bonds is 3. The van der Waals surface area contributed by atoms with E-state index in [0.29, 0.717) is 0 Å². The molecule has 0 N–H and O–H groups in total. The van der Waals surface area contributed by atoms with Crippen molar-refractivity contribution in [2.24, 2.45) is 0 Å². The minimum atomic E-state index is -0.361. The van der Waals surface area contributed by atoms with Gasteiger partial charge < -0.3 is 0 Å². The van der Waals surface area contributed by atoms with Crippen LogP contribution in [0.2, 0.25) is 0 Å². The smallest absolute Gasteiger partial charge is 0.0130 e. The molecule has 1 saturated heterocycles. The van der Waals surface area contributed by atoms with Crippen LogP contribution in [0.15, 0.2) is 0 Å². The van der Waals surface area contributed by atoms with E-state index < -0.39 is 0 Å². The van der Waals surface area contributed by atoms with Crippen LogP contribution in [0.25, 0.3) is 0 Å². The standard InChI is InChI=1S/C10H23NS/c1-5-11(10(2)3)12(4)8-6-7-9-12/h10H,5-9H2,1-4H3. The molecule has 0 atom stereocenters. The van der Waals surface area contributed by atoms with Crippen LogP contribution >= 0.6 is 10.2 Å². The molecule has 0 saturated carbocycles. The van der Waals surface area contributed by atoms with Gasteiger partial charge in [0.15, 0.2) is 0 Å². The van der Waals surface area contributed by atoms with Gasteiger partial charge in [0.2, 0.25) is 0 Å². The van der Waals surface area contributed by atoms with Crippen molar-refractivity contribution in [3.63, 3.8) is 0 Å². The van der Waals surface area contributed by atoms with Crippen molar-refractivity contribution in [3.05, 3.63) is 0 Å².